The minimum Gasteiger partial charge on any atom is -0.465 e. The monoisotopic (exact) mass is 364 g/mol. The van der Waals surface area contributed by atoms with Crippen molar-refractivity contribution >= 4 is 23.2 Å². The van der Waals surface area contributed by atoms with Gasteiger partial charge in [-0.2, -0.15) is 5.26 Å². The van der Waals surface area contributed by atoms with Crippen LogP contribution in [0.15, 0.2) is 36.4 Å². The van der Waals surface area contributed by atoms with Crippen LogP contribution in [0.2, 0.25) is 0 Å². The summed E-state index contributed by atoms with van der Waals surface area (Å²) in [4.78, 5) is 48.7. The van der Waals surface area contributed by atoms with Crippen molar-refractivity contribution in [2.24, 2.45) is 0 Å². The number of fused-ring (bicyclic) bond motifs is 2. The Balaban J connectivity index is 2.34. The number of ketones is 2. The summed E-state index contributed by atoms with van der Waals surface area (Å²) in [6.07, 6.45) is 0. The van der Waals surface area contributed by atoms with Gasteiger partial charge in [0.2, 0.25) is 5.78 Å². The highest BCUT2D eigenvalue weighted by Gasteiger charge is 2.40. The zero-order chi connectivity index (χ0) is 19.7. The van der Waals surface area contributed by atoms with Crippen LogP contribution in [0.3, 0.4) is 0 Å². The Morgan fingerprint density at radius 3 is 2.26 bits per heavy atom. The highest BCUT2D eigenvalue weighted by Crippen LogP contribution is 2.37. The number of rotatable bonds is 4. The van der Waals surface area contributed by atoms with Gasteiger partial charge in [-0.3, -0.25) is 24.5 Å². The fraction of sp³-hybridized carbons (Fsp3) is 0.158. The Bertz CT molecular complexity index is 1050. The number of ether oxygens (including phenoxy) is 1. The summed E-state index contributed by atoms with van der Waals surface area (Å²) in [5, 5.41) is 20.8. The lowest BCUT2D eigenvalue weighted by atomic mass is 9.78. The lowest BCUT2D eigenvalue weighted by Crippen LogP contribution is -2.26. The van der Waals surface area contributed by atoms with Crippen molar-refractivity contribution in [1.82, 2.24) is 0 Å². The van der Waals surface area contributed by atoms with Crippen molar-refractivity contribution < 1.29 is 24.0 Å². The number of hydrogen-bond donors (Lipinski definition) is 0. The molecule has 0 amide bonds. The molecule has 0 N–H and O–H groups in total. The largest absolute Gasteiger partial charge is 0.465 e. The van der Waals surface area contributed by atoms with E-state index in [1.807, 2.05) is 0 Å². The Morgan fingerprint density at radius 1 is 1.15 bits per heavy atom. The minimum absolute atomic E-state index is 0.0158. The van der Waals surface area contributed by atoms with Gasteiger partial charge >= 0.3 is 5.97 Å². The van der Waals surface area contributed by atoms with Gasteiger partial charge in [-0.05, 0) is 18.6 Å². The molecule has 0 aromatic heterocycles. The SMILES string of the molecule is CCOC(=O)C(C#N)c1ccc([N+](=O)[O-])c2c1C(=O)c1ccccc1C2=O. The van der Waals surface area contributed by atoms with E-state index in [0.29, 0.717) is 0 Å². The summed E-state index contributed by atoms with van der Waals surface area (Å²) < 4.78 is 4.86. The topological polar surface area (TPSA) is 127 Å². The number of carbonyl (C=O) groups excluding carboxylic acids is 3. The maximum absolute atomic E-state index is 13.0. The van der Waals surface area contributed by atoms with Gasteiger partial charge in [0.1, 0.15) is 5.56 Å². The Morgan fingerprint density at radius 2 is 1.74 bits per heavy atom. The number of nitro benzene ring substituents is 1. The summed E-state index contributed by atoms with van der Waals surface area (Å²) in [6, 6.07) is 9.86. The summed E-state index contributed by atoms with van der Waals surface area (Å²) in [7, 11) is 0. The predicted molar refractivity (Wildman–Crippen MR) is 91.4 cm³/mol. The van der Waals surface area contributed by atoms with Gasteiger partial charge in [0.15, 0.2) is 11.7 Å². The predicted octanol–water partition coefficient (Wildman–Crippen LogP) is 2.54. The number of nitrogens with zero attached hydrogens (tertiary/aromatic N) is 2. The third kappa shape index (κ3) is 2.75. The van der Waals surface area contributed by atoms with E-state index in [-0.39, 0.29) is 28.9 Å². The number of carbonyl (C=O) groups is 3. The molecule has 0 saturated carbocycles. The molecule has 1 unspecified atom stereocenters. The molecule has 0 saturated heterocycles. The molecular formula is C19H12N2O6. The van der Waals surface area contributed by atoms with Crippen molar-refractivity contribution in [3.8, 4) is 6.07 Å². The van der Waals surface area contributed by atoms with E-state index in [4.69, 9.17) is 4.74 Å². The van der Waals surface area contributed by atoms with Crippen LogP contribution in [0.1, 0.15) is 50.2 Å². The lowest BCUT2D eigenvalue weighted by Gasteiger charge is -2.21. The third-order valence-electron chi connectivity index (χ3n) is 4.25. The van der Waals surface area contributed by atoms with Gasteiger partial charge in [-0.15, -0.1) is 0 Å². The Kier molecular flexibility index (Phi) is 4.52. The van der Waals surface area contributed by atoms with E-state index in [1.54, 1.807) is 25.1 Å². The average Bonchev–Trinajstić information content (AvgIpc) is 2.66. The van der Waals surface area contributed by atoms with Gasteiger partial charge in [0, 0.05) is 22.8 Å². The van der Waals surface area contributed by atoms with E-state index >= 15 is 0 Å². The molecule has 27 heavy (non-hydrogen) atoms. The highest BCUT2D eigenvalue weighted by atomic mass is 16.6. The van der Waals surface area contributed by atoms with Crippen molar-refractivity contribution in [3.63, 3.8) is 0 Å². The van der Waals surface area contributed by atoms with E-state index in [1.165, 1.54) is 12.1 Å². The van der Waals surface area contributed by atoms with E-state index in [2.05, 4.69) is 0 Å². The summed E-state index contributed by atoms with van der Waals surface area (Å²) >= 11 is 0. The zero-order valence-electron chi connectivity index (χ0n) is 14.1. The lowest BCUT2D eigenvalue weighted by molar-refractivity contribution is -0.385. The van der Waals surface area contributed by atoms with Gasteiger partial charge < -0.3 is 4.74 Å². The van der Waals surface area contributed by atoms with Gasteiger partial charge in [-0.1, -0.05) is 24.3 Å². The van der Waals surface area contributed by atoms with Crippen LogP contribution in [0.5, 0.6) is 0 Å². The zero-order valence-corrected chi connectivity index (χ0v) is 14.1. The summed E-state index contributed by atoms with van der Waals surface area (Å²) in [5.41, 5.74) is -1.23. The standard InChI is InChI=1S/C19H12N2O6/c1-2-27-19(24)13(9-20)10-7-8-14(21(25)26)16-15(10)17(22)11-5-3-4-6-12(11)18(16)23/h3-8,13H,2H2,1H3. The normalized spacial score (nSPS) is 13.2. The smallest absolute Gasteiger partial charge is 0.327 e. The third-order valence-corrected chi connectivity index (χ3v) is 4.25. The Labute approximate surface area is 153 Å². The molecule has 1 atom stereocenters. The molecule has 1 aliphatic carbocycles. The summed E-state index contributed by atoms with van der Waals surface area (Å²) in [5.74, 6) is -3.73. The second kappa shape index (κ2) is 6.80. The molecule has 0 heterocycles. The first-order valence-electron chi connectivity index (χ1n) is 7.98. The van der Waals surface area contributed by atoms with Crippen molar-refractivity contribution in [2.75, 3.05) is 6.61 Å². The summed E-state index contributed by atoms with van der Waals surface area (Å²) in [6.45, 7) is 1.57. The van der Waals surface area contributed by atoms with Crippen LogP contribution in [0, 0.1) is 21.4 Å². The van der Waals surface area contributed by atoms with Gasteiger partial charge in [-0.25, -0.2) is 0 Å². The number of hydrogen-bond acceptors (Lipinski definition) is 7. The molecule has 0 fully saturated rings. The molecule has 0 bridgehead atoms. The van der Waals surface area contributed by atoms with Crippen molar-refractivity contribution in [1.29, 1.82) is 5.26 Å². The van der Waals surface area contributed by atoms with Crippen LogP contribution in [-0.4, -0.2) is 29.1 Å². The first-order valence-corrected chi connectivity index (χ1v) is 7.98. The van der Waals surface area contributed by atoms with Crippen LogP contribution in [0.4, 0.5) is 5.69 Å². The van der Waals surface area contributed by atoms with Crippen LogP contribution in [-0.2, 0) is 9.53 Å². The maximum Gasteiger partial charge on any atom is 0.327 e. The quantitative estimate of drug-likeness (QED) is 0.395. The molecular weight excluding hydrogens is 352 g/mol. The number of benzene rings is 2. The Hall–Kier alpha value is -3.86. The average molecular weight is 364 g/mol. The van der Waals surface area contributed by atoms with Crippen molar-refractivity contribution in [3.05, 3.63) is 74.3 Å². The minimum atomic E-state index is -1.48. The highest BCUT2D eigenvalue weighted by molar-refractivity contribution is 6.30. The number of nitriles is 1. The fourth-order valence-electron chi connectivity index (χ4n) is 3.10. The second-order valence-corrected chi connectivity index (χ2v) is 5.70. The molecule has 3 rings (SSSR count). The fourth-order valence-corrected chi connectivity index (χ4v) is 3.10. The van der Waals surface area contributed by atoms with Gasteiger partial charge in [0.05, 0.1) is 17.6 Å². The van der Waals surface area contributed by atoms with Crippen LogP contribution < -0.4 is 0 Å². The second-order valence-electron chi connectivity index (χ2n) is 5.70. The molecule has 8 nitrogen and oxygen atoms in total. The molecule has 2 aromatic carbocycles. The first-order chi connectivity index (χ1) is 12.9. The van der Waals surface area contributed by atoms with Crippen LogP contribution in [0.25, 0.3) is 0 Å². The molecule has 134 valence electrons. The van der Waals surface area contributed by atoms with E-state index in [9.17, 15) is 29.8 Å². The van der Waals surface area contributed by atoms with E-state index < -0.39 is 39.6 Å². The van der Waals surface area contributed by atoms with Crippen LogP contribution >= 0.6 is 0 Å². The number of nitro groups is 1. The van der Waals surface area contributed by atoms with Gasteiger partial charge in [0.25, 0.3) is 5.69 Å². The van der Waals surface area contributed by atoms with E-state index in [0.717, 1.165) is 12.1 Å². The molecule has 2 aromatic rings. The molecule has 8 heteroatoms. The molecule has 0 aliphatic heterocycles. The molecule has 1 aliphatic rings. The molecule has 0 radical (unpaired) electrons. The number of esters is 1. The van der Waals surface area contributed by atoms with Crippen molar-refractivity contribution in [2.45, 2.75) is 12.8 Å². The maximum atomic E-state index is 13.0. The first kappa shape index (κ1) is 17.9. The molecule has 0 spiro atoms.